The van der Waals surface area contributed by atoms with Gasteiger partial charge < -0.3 is 15.2 Å². The number of hydrogen-bond acceptors (Lipinski definition) is 5. The molecular weight excluding hydrogens is 660 g/mol. The van der Waals surface area contributed by atoms with Crippen molar-refractivity contribution in [1.29, 1.82) is 0 Å². The SMILES string of the molecule is Cc1ccc(NCC(=O)N/N=C\c2cc(I)c(OCc3ccc(C(=O)O)cc3)c(I)c2)cc1C. The molecule has 0 fully saturated rings. The lowest BCUT2D eigenvalue weighted by Gasteiger charge is -2.11. The molecule has 0 unspecified atom stereocenters. The van der Waals surface area contributed by atoms with E-state index in [1.165, 1.54) is 5.56 Å². The van der Waals surface area contributed by atoms with Crippen molar-refractivity contribution in [3.05, 3.63) is 89.6 Å². The van der Waals surface area contributed by atoms with Crippen LogP contribution in [0.15, 0.2) is 59.7 Å². The fraction of sp³-hybridized carbons (Fsp3) is 0.160. The number of hydrogen-bond donors (Lipinski definition) is 3. The van der Waals surface area contributed by atoms with E-state index in [-0.39, 0.29) is 18.0 Å². The Balaban J connectivity index is 1.53. The first kappa shape index (κ1) is 25.9. The molecule has 3 N–H and O–H groups in total. The van der Waals surface area contributed by atoms with Gasteiger partial charge in [-0.25, -0.2) is 10.2 Å². The molecule has 0 aliphatic heterocycles. The summed E-state index contributed by atoms with van der Waals surface area (Å²) in [6.07, 6.45) is 1.59. The maximum atomic E-state index is 12.1. The van der Waals surface area contributed by atoms with Gasteiger partial charge in [0.1, 0.15) is 12.4 Å². The average molecular weight is 683 g/mol. The summed E-state index contributed by atoms with van der Waals surface area (Å²) in [5, 5.41) is 16.1. The summed E-state index contributed by atoms with van der Waals surface area (Å²) in [5.41, 5.74) is 7.73. The predicted molar refractivity (Wildman–Crippen MR) is 150 cm³/mol. The number of hydrazone groups is 1. The van der Waals surface area contributed by atoms with Crippen molar-refractivity contribution in [2.75, 3.05) is 11.9 Å². The normalized spacial score (nSPS) is 10.8. The second-order valence-electron chi connectivity index (χ2n) is 7.55. The Morgan fingerprint density at radius 1 is 1.00 bits per heavy atom. The van der Waals surface area contributed by atoms with Crippen molar-refractivity contribution >= 4 is 69.0 Å². The van der Waals surface area contributed by atoms with E-state index in [4.69, 9.17) is 9.84 Å². The topological polar surface area (TPSA) is 100 Å². The number of anilines is 1. The Morgan fingerprint density at radius 3 is 2.29 bits per heavy atom. The highest BCUT2D eigenvalue weighted by Crippen LogP contribution is 2.29. The van der Waals surface area contributed by atoms with Crippen LogP contribution in [0.25, 0.3) is 0 Å². The summed E-state index contributed by atoms with van der Waals surface area (Å²) in [7, 11) is 0. The molecule has 0 aliphatic rings. The minimum Gasteiger partial charge on any atom is -0.487 e. The number of carboxylic acids is 1. The Labute approximate surface area is 225 Å². The van der Waals surface area contributed by atoms with Crippen molar-refractivity contribution in [1.82, 2.24) is 5.43 Å². The molecular formula is C25H23I2N3O4. The summed E-state index contributed by atoms with van der Waals surface area (Å²) >= 11 is 4.38. The Morgan fingerprint density at radius 2 is 1.68 bits per heavy atom. The average Bonchev–Trinajstić information content (AvgIpc) is 2.79. The van der Waals surface area contributed by atoms with Gasteiger partial charge in [0.25, 0.3) is 5.91 Å². The lowest BCUT2D eigenvalue weighted by Crippen LogP contribution is -2.25. The zero-order valence-corrected chi connectivity index (χ0v) is 22.9. The summed E-state index contributed by atoms with van der Waals surface area (Å²) in [5.74, 6) is -0.461. The maximum absolute atomic E-state index is 12.1. The van der Waals surface area contributed by atoms with Crippen LogP contribution in [0.3, 0.4) is 0 Å². The van der Waals surface area contributed by atoms with Crippen molar-refractivity contribution < 1.29 is 19.4 Å². The molecule has 0 spiro atoms. The summed E-state index contributed by atoms with van der Waals surface area (Å²) in [6, 6.07) is 16.4. The third kappa shape index (κ3) is 7.42. The number of carbonyl (C=O) groups excluding carboxylic acids is 1. The van der Waals surface area contributed by atoms with Crippen LogP contribution in [0, 0.1) is 21.0 Å². The van der Waals surface area contributed by atoms with Crippen LogP contribution in [0.1, 0.15) is 32.6 Å². The largest absolute Gasteiger partial charge is 0.487 e. The van der Waals surface area contributed by atoms with Crippen LogP contribution < -0.4 is 15.5 Å². The van der Waals surface area contributed by atoms with Crippen LogP contribution in [0.5, 0.6) is 5.75 Å². The number of ether oxygens (including phenoxy) is 1. The van der Waals surface area contributed by atoms with Crippen LogP contribution in [0.2, 0.25) is 0 Å². The van der Waals surface area contributed by atoms with Gasteiger partial charge in [-0.1, -0.05) is 18.2 Å². The summed E-state index contributed by atoms with van der Waals surface area (Å²) < 4.78 is 7.75. The fourth-order valence-corrected chi connectivity index (χ4v) is 5.07. The number of nitrogens with zero attached hydrogens (tertiary/aromatic N) is 1. The maximum Gasteiger partial charge on any atom is 0.335 e. The van der Waals surface area contributed by atoms with Crippen molar-refractivity contribution in [2.45, 2.75) is 20.5 Å². The first-order chi connectivity index (χ1) is 16.2. The number of carboxylic acid groups (broad SMARTS) is 1. The highest BCUT2D eigenvalue weighted by atomic mass is 127. The number of carbonyl (C=O) groups is 2. The van der Waals surface area contributed by atoms with Crippen LogP contribution in [-0.2, 0) is 11.4 Å². The molecule has 34 heavy (non-hydrogen) atoms. The molecule has 176 valence electrons. The van der Waals surface area contributed by atoms with Crippen molar-refractivity contribution in [2.24, 2.45) is 5.10 Å². The predicted octanol–water partition coefficient (Wildman–Crippen LogP) is 5.35. The number of halogens is 2. The first-order valence-electron chi connectivity index (χ1n) is 10.3. The molecule has 0 aliphatic carbocycles. The highest BCUT2D eigenvalue weighted by Gasteiger charge is 2.10. The molecule has 0 bridgehead atoms. The number of amides is 1. The van der Waals surface area contributed by atoms with Gasteiger partial charge in [-0.05, 0) is 118 Å². The monoisotopic (exact) mass is 683 g/mol. The lowest BCUT2D eigenvalue weighted by atomic mass is 10.1. The van der Waals surface area contributed by atoms with E-state index in [1.807, 2.05) is 44.2 Å². The van der Waals surface area contributed by atoms with Crippen LogP contribution >= 0.6 is 45.2 Å². The first-order valence-corrected chi connectivity index (χ1v) is 12.5. The second-order valence-corrected chi connectivity index (χ2v) is 9.87. The van der Waals surface area contributed by atoms with Crippen LogP contribution in [0.4, 0.5) is 5.69 Å². The van der Waals surface area contributed by atoms with E-state index < -0.39 is 5.97 Å². The Kier molecular flexibility index (Phi) is 9.28. The highest BCUT2D eigenvalue weighted by molar-refractivity contribution is 14.1. The molecule has 0 saturated carbocycles. The van der Waals surface area contributed by atoms with Gasteiger partial charge in [0, 0.05) is 5.69 Å². The van der Waals surface area contributed by atoms with Crippen molar-refractivity contribution in [3.63, 3.8) is 0 Å². The van der Waals surface area contributed by atoms with Gasteiger partial charge in [0.05, 0.1) is 25.5 Å². The lowest BCUT2D eigenvalue weighted by molar-refractivity contribution is -0.119. The van der Waals surface area contributed by atoms with E-state index in [9.17, 15) is 9.59 Å². The zero-order valence-electron chi connectivity index (χ0n) is 18.6. The summed E-state index contributed by atoms with van der Waals surface area (Å²) in [4.78, 5) is 23.0. The van der Waals surface area contributed by atoms with Gasteiger partial charge in [0.2, 0.25) is 0 Å². The third-order valence-corrected chi connectivity index (χ3v) is 6.57. The molecule has 0 aromatic heterocycles. The number of rotatable bonds is 9. The van der Waals surface area contributed by atoms with E-state index in [1.54, 1.807) is 30.5 Å². The second kappa shape index (κ2) is 12.2. The Bertz CT molecular complexity index is 1200. The number of aryl methyl sites for hydroxylation is 2. The van der Waals surface area contributed by atoms with E-state index >= 15 is 0 Å². The molecule has 3 rings (SSSR count). The molecule has 0 saturated heterocycles. The molecule has 0 radical (unpaired) electrons. The molecule has 9 heteroatoms. The molecule has 3 aromatic rings. The molecule has 0 atom stereocenters. The van der Waals surface area contributed by atoms with E-state index in [0.29, 0.717) is 6.61 Å². The molecule has 0 heterocycles. The molecule has 3 aromatic carbocycles. The summed E-state index contributed by atoms with van der Waals surface area (Å²) in [6.45, 7) is 4.52. The Hall–Kier alpha value is -2.67. The van der Waals surface area contributed by atoms with Gasteiger partial charge in [-0.15, -0.1) is 0 Å². The van der Waals surface area contributed by atoms with Crippen molar-refractivity contribution in [3.8, 4) is 5.75 Å². The van der Waals surface area contributed by atoms with E-state index in [2.05, 4.69) is 61.0 Å². The van der Waals surface area contributed by atoms with Crippen LogP contribution in [-0.4, -0.2) is 29.7 Å². The minimum absolute atomic E-state index is 0.120. The quantitative estimate of drug-likeness (QED) is 0.161. The minimum atomic E-state index is -0.956. The molecule has 1 amide bonds. The van der Waals surface area contributed by atoms with Gasteiger partial charge in [0.15, 0.2) is 0 Å². The van der Waals surface area contributed by atoms with Gasteiger partial charge >= 0.3 is 5.97 Å². The smallest absolute Gasteiger partial charge is 0.335 e. The molecule has 7 nitrogen and oxygen atoms in total. The number of nitrogens with one attached hydrogen (secondary N) is 2. The number of benzene rings is 3. The third-order valence-electron chi connectivity index (χ3n) is 4.97. The number of aromatic carboxylic acids is 1. The van der Waals surface area contributed by atoms with Gasteiger partial charge in [-0.3, -0.25) is 4.79 Å². The van der Waals surface area contributed by atoms with E-state index in [0.717, 1.165) is 35.3 Å². The zero-order chi connectivity index (χ0) is 24.7. The standard InChI is InChI=1S/C25H23I2N3O4/c1-15-3-8-20(9-16(15)2)28-13-23(31)30-29-12-18-10-21(26)24(22(27)11-18)34-14-17-4-6-19(7-5-17)25(32)33/h3-12,28H,13-14H2,1-2H3,(H,30,31)(H,32,33)/b29-12-. The van der Waals surface area contributed by atoms with Gasteiger partial charge in [-0.2, -0.15) is 5.10 Å². The fourth-order valence-electron chi connectivity index (χ4n) is 2.94.